The van der Waals surface area contributed by atoms with Gasteiger partial charge < -0.3 is 50.1 Å². The van der Waals surface area contributed by atoms with E-state index in [0.29, 0.717) is 12.8 Å². The van der Waals surface area contributed by atoms with E-state index < -0.39 is 87.9 Å². The molecule has 1 aliphatic carbocycles. The number of phosphoric acid groups is 1. The van der Waals surface area contributed by atoms with Crippen LogP contribution < -0.4 is 0 Å². The second-order valence-corrected chi connectivity index (χ2v) is 17.7. The molecule has 1 fully saturated rings. The van der Waals surface area contributed by atoms with Crippen LogP contribution in [0.25, 0.3) is 0 Å². The van der Waals surface area contributed by atoms with Crippen LogP contribution in [0.1, 0.15) is 155 Å². The Morgan fingerprint density at radius 3 is 1.65 bits per heavy atom. The molecular formula is C47H81O15P. The highest BCUT2D eigenvalue weighted by atomic mass is 31.2. The van der Waals surface area contributed by atoms with E-state index >= 15 is 0 Å². The number of phosphoric ester groups is 1. The molecule has 0 radical (unpaired) electrons. The lowest BCUT2D eigenvalue weighted by atomic mass is 9.85. The maximum atomic E-state index is 12.8. The lowest BCUT2D eigenvalue weighted by molar-refractivity contribution is -0.220. The number of hydrogen-bond donors (Lipinski definition) is 8. The summed E-state index contributed by atoms with van der Waals surface area (Å²) in [4.78, 5) is 35.7. The number of aliphatic hydroxyl groups is 7. The van der Waals surface area contributed by atoms with E-state index in [0.717, 1.165) is 51.4 Å². The quantitative estimate of drug-likeness (QED) is 0.0104. The van der Waals surface area contributed by atoms with Crippen LogP contribution in [-0.4, -0.2) is 121 Å². The number of aliphatic hydroxyl groups excluding tert-OH is 7. The smallest absolute Gasteiger partial charge is 0.462 e. The summed E-state index contributed by atoms with van der Waals surface area (Å²) >= 11 is 0. The Morgan fingerprint density at radius 2 is 1.05 bits per heavy atom. The molecule has 0 amide bonds. The number of esters is 2. The molecule has 0 aromatic carbocycles. The summed E-state index contributed by atoms with van der Waals surface area (Å²) in [6, 6.07) is 0. The van der Waals surface area contributed by atoms with Gasteiger partial charge in [0.2, 0.25) is 0 Å². The molecule has 15 nitrogen and oxygen atoms in total. The molecular weight excluding hydrogens is 835 g/mol. The van der Waals surface area contributed by atoms with Crippen molar-refractivity contribution < 1.29 is 73.3 Å². The van der Waals surface area contributed by atoms with Crippen molar-refractivity contribution in [1.29, 1.82) is 0 Å². The van der Waals surface area contributed by atoms with E-state index in [9.17, 15) is 54.8 Å². The Morgan fingerprint density at radius 1 is 0.571 bits per heavy atom. The van der Waals surface area contributed by atoms with Gasteiger partial charge in [-0.15, -0.1) is 0 Å². The van der Waals surface area contributed by atoms with Gasteiger partial charge in [-0.3, -0.25) is 18.6 Å². The van der Waals surface area contributed by atoms with Gasteiger partial charge in [0.1, 0.15) is 43.2 Å². The van der Waals surface area contributed by atoms with E-state index in [4.69, 9.17) is 18.5 Å². The number of carbonyl (C=O) groups excluding carboxylic acids is 2. The second-order valence-electron chi connectivity index (χ2n) is 16.3. The summed E-state index contributed by atoms with van der Waals surface area (Å²) in [5, 5.41) is 70.5. The Kier molecular flexibility index (Phi) is 34.0. The number of unbranched alkanes of at least 4 members (excludes halogenated alkanes) is 14. The van der Waals surface area contributed by atoms with Crippen molar-refractivity contribution in [2.24, 2.45) is 0 Å². The molecule has 63 heavy (non-hydrogen) atoms. The van der Waals surface area contributed by atoms with Crippen LogP contribution in [0.3, 0.4) is 0 Å². The van der Waals surface area contributed by atoms with Gasteiger partial charge in [-0.05, 0) is 64.2 Å². The standard InChI is InChI=1S/C47H81O15P/c1-3-5-7-9-11-12-13-14-15-16-17-18-19-21-27-33-40(50)59-35-39(36-60-63(57,58)62-47-45(55)43(53)42(52)44(54)46(47)56)61-41(51)34-28-32-38(49)31-26-23-22-25-30-37(48)29-24-20-10-8-6-4-2/h14-15,20,22-26,30-31,37-39,42-49,52-56H,3-13,16-19,21,27-29,32-36H2,1-2H3,(H,57,58)/b15-14-,23-22+,24-20-,30-25+,31-26-/t37-,38-,39+,42?,43-,44+,45+,46+,47?/m0/s1. The number of carbonyl (C=O) groups is 2. The molecule has 364 valence electrons. The summed E-state index contributed by atoms with van der Waals surface area (Å²) in [6.07, 6.45) is 23.1. The molecule has 0 saturated heterocycles. The molecule has 1 rings (SSSR count). The third-order valence-electron chi connectivity index (χ3n) is 10.5. The number of rotatable bonds is 37. The average Bonchev–Trinajstić information content (AvgIpc) is 3.25. The van der Waals surface area contributed by atoms with Crippen LogP contribution in [0.15, 0.2) is 60.8 Å². The first kappa shape index (κ1) is 58.5. The Balaban J connectivity index is 2.60. The van der Waals surface area contributed by atoms with Gasteiger partial charge in [-0.25, -0.2) is 4.57 Å². The maximum Gasteiger partial charge on any atom is 0.472 e. The van der Waals surface area contributed by atoms with Crippen molar-refractivity contribution in [1.82, 2.24) is 0 Å². The van der Waals surface area contributed by atoms with E-state index in [1.54, 1.807) is 30.4 Å². The van der Waals surface area contributed by atoms with Gasteiger partial charge in [0.05, 0.1) is 18.8 Å². The fourth-order valence-corrected chi connectivity index (χ4v) is 7.62. The van der Waals surface area contributed by atoms with E-state index in [1.807, 2.05) is 6.08 Å². The minimum atomic E-state index is -5.19. The van der Waals surface area contributed by atoms with Crippen LogP contribution in [0.5, 0.6) is 0 Å². The molecule has 8 N–H and O–H groups in total. The summed E-state index contributed by atoms with van der Waals surface area (Å²) in [5.41, 5.74) is 0. The molecule has 0 heterocycles. The highest BCUT2D eigenvalue weighted by Gasteiger charge is 2.51. The normalized spacial score (nSPS) is 23.3. The van der Waals surface area contributed by atoms with Gasteiger partial charge in [0, 0.05) is 12.8 Å². The molecule has 1 aliphatic rings. The predicted molar refractivity (Wildman–Crippen MR) is 242 cm³/mol. The van der Waals surface area contributed by atoms with Gasteiger partial charge in [0.15, 0.2) is 6.10 Å². The van der Waals surface area contributed by atoms with Crippen molar-refractivity contribution in [2.75, 3.05) is 13.2 Å². The number of hydrogen-bond acceptors (Lipinski definition) is 14. The molecule has 1 saturated carbocycles. The first-order valence-corrected chi connectivity index (χ1v) is 24.8. The maximum absolute atomic E-state index is 12.8. The predicted octanol–water partition coefficient (Wildman–Crippen LogP) is 6.89. The van der Waals surface area contributed by atoms with Gasteiger partial charge in [0.25, 0.3) is 0 Å². The minimum Gasteiger partial charge on any atom is -0.462 e. The molecule has 0 spiro atoms. The van der Waals surface area contributed by atoms with Crippen molar-refractivity contribution in [2.45, 2.75) is 210 Å². The Labute approximate surface area is 376 Å². The zero-order valence-corrected chi connectivity index (χ0v) is 38.7. The fraction of sp³-hybridized carbons (Fsp3) is 0.745. The molecule has 0 aromatic rings. The van der Waals surface area contributed by atoms with Crippen LogP contribution in [0.4, 0.5) is 0 Å². The molecule has 0 aliphatic heterocycles. The third kappa shape index (κ3) is 29.6. The Bertz CT molecular complexity index is 1370. The van der Waals surface area contributed by atoms with Gasteiger partial charge in [-0.1, -0.05) is 139 Å². The highest BCUT2D eigenvalue weighted by molar-refractivity contribution is 7.47. The lowest BCUT2D eigenvalue weighted by Gasteiger charge is -2.41. The molecule has 0 aromatic heterocycles. The van der Waals surface area contributed by atoms with Crippen molar-refractivity contribution in [3.8, 4) is 0 Å². The molecule has 0 bridgehead atoms. The summed E-state index contributed by atoms with van der Waals surface area (Å²) in [6.45, 7) is 3.01. The summed E-state index contributed by atoms with van der Waals surface area (Å²) < 4.78 is 33.3. The first-order valence-electron chi connectivity index (χ1n) is 23.3. The third-order valence-corrected chi connectivity index (χ3v) is 11.5. The average molecular weight is 917 g/mol. The second kappa shape index (κ2) is 36.7. The van der Waals surface area contributed by atoms with E-state index in [1.165, 1.54) is 57.4 Å². The topological polar surface area (TPSA) is 250 Å². The SMILES string of the molecule is CCCCC/C=C\C[C@H](O)/C=C/C=C/C=C\[C@H](O)CCCC(=O)O[C@H](COC(=O)CCCCCCC/C=C\CCCCCCCC)COP(=O)(O)OC1[C@H](O)[C@H](O)C(O)[C@H](O)[C@H]1O. The van der Waals surface area contributed by atoms with Gasteiger partial charge >= 0.3 is 19.8 Å². The minimum absolute atomic E-state index is 0.102. The van der Waals surface area contributed by atoms with Gasteiger partial charge in [-0.2, -0.15) is 0 Å². The highest BCUT2D eigenvalue weighted by Crippen LogP contribution is 2.47. The lowest BCUT2D eigenvalue weighted by Crippen LogP contribution is -2.64. The van der Waals surface area contributed by atoms with Crippen LogP contribution in [-0.2, 0) is 32.7 Å². The first-order chi connectivity index (χ1) is 30.2. The van der Waals surface area contributed by atoms with Crippen LogP contribution in [0.2, 0.25) is 0 Å². The largest absolute Gasteiger partial charge is 0.472 e. The van der Waals surface area contributed by atoms with E-state index in [-0.39, 0.29) is 25.7 Å². The molecule has 16 heteroatoms. The van der Waals surface area contributed by atoms with Crippen molar-refractivity contribution in [3.63, 3.8) is 0 Å². The zero-order chi connectivity index (χ0) is 46.7. The van der Waals surface area contributed by atoms with Crippen LogP contribution in [0, 0.1) is 0 Å². The summed E-state index contributed by atoms with van der Waals surface area (Å²) in [5.74, 6) is -1.35. The number of ether oxygens (including phenoxy) is 2. The van der Waals surface area contributed by atoms with Crippen molar-refractivity contribution >= 4 is 19.8 Å². The zero-order valence-electron chi connectivity index (χ0n) is 37.8. The fourth-order valence-electron chi connectivity index (χ4n) is 6.65. The van der Waals surface area contributed by atoms with Crippen molar-refractivity contribution in [3.05, 3.63) is 60.8 Å². The molecule has 10 atom stereocenters. The monoisotopic (exact) mass is 917 g/mol. The number of allylic oxidation sites excluding steroid dienone is 7. The van der Waals surface area contributed by atoms with E-state index in [2.05, 4.69) is 32.1 Å². The summed E-state index contributed by atoms with van der Waals surface area (Å²) in [7, 11) is -5.19. The molecule has 3 unspecified atom stereocenters. The van der Waals surface area contributed by atoms with Crippen LogP contribution >= 0.6 is 7.82 Å². The Hall–Kier alpha value is -2.53.